The van der Waals surface area contributed by atoms with Gasteiger partial charge in [0.05, 0.1) is 0 Å². The second-order valence-electron chi connectivity index (χ2n) is 11.4. The summed E-state index contributed by atoms with van der Waals surface area (Å²) in [7, 11) is 0. The number of rotatable bonds is 4. The zero-order chi connectivity index (χ0) is 29.1. The third kappa shape index (κ3) is 3.54. The molecule has 0 atom stereocenters. The number of aromatic nitrogens is 2. The van der Waals surface area contributed by atoms with Crippen LogP contribution in [0.25, 0.3) is 21.5 Å². The van der Waals surface area contributed by atoms with Crippen molar-refractivity contribution in [1.29, 1.82) is 0 Å². The number of nitrogens with zero attached hydrogens (tertiary/aromatic N) is 2. The van der Waals surface area contributed by atoms with Gasteiger partial charge in [-0.05, 0) is 21.5 Å². The van der Waals surface area contributed by atoms with Gasteiger partial charge in [-0.15, -0.1) is 0 Å². The Bertz CT molecular complexity index is 2000. The van der Waals surface area contributed by atoms with Gasteiger partial charge < -0.3 is 21.3 Å². The smallest absolute Gasteiger partial charge is 0.173 e. The first-order chi connectivity index (χ1) is 21.7. The zero-order valence-electron chi connectivity index (χ0n) is 23.8. The van der Waals surface area contributed by atoms with Crippen molar-refractivity contribution in [3.63, 3.8) is 0 Å². The van der Waals surface area contributed by atoms with Crippen molar-refractivity contribution in [2.75, 3.05) is 21.3 Å². The first-order valence-corrected chi connectivity index (χ1v) is 14.9. The van der Waals surface area contributed by atoms with Crippen LogP contribution in [0.2, 0.25) is 0 Å². The highest BCUT2D eigenvalue weighted by Crippen LogP contribution is 2.49. The van der Waals surface area contributed by atoms with Crippen LogP contribution in [0, 0.1) is 0 Å². The van der Waals surface area contributed by atoms with Gasteiger partial charge in [0, 0.05) is 22.3 Å². The van der Waals surface area contributed by atoms with E-state index in [0.717, 1.165) is 33.0 Å². The van der Waals surface area contributed by atoms with Crippen molar-refractivity contribution >= 4 is 44.8 Å². The third-order valence-electron chi connectivity index (χ3n) is 8.92. The summed E-state index contributed by atoms with van der Waals surface area (Å²) in [5.74, 6) is 2.77. The molecule has 6 aromatic carbocycles. The molecule has 44 heavy (non-hydrogen) atoms. The standard InChI is InChI=1S/C38H28N6/c1-3-17-27(18-4-1)37(31-23-11-15-25-13-7-9-21-29(25)31)41-33-34(42-37)40-36-35(39-33)43-38(44-36,28-19-5-2-6-20-28)32-24-12-16-26-14-8-10-22-30(26)32/h1-24H,(H2,39,41,43)(H2,40,42,44). The summed E-state index contributed by atoms with van der Waals surface area (Å²) in [6.45, 7) is 0. The van der Waals surface area contributed by atoms with Crippen LogP contribution in [0.15, 0.2) is 146 Å². The highest BCUT2D eigenvalue weighted by atomic mass is 15.4. The largest absolute Gasteiger partial charge is 0.337 e. The molecule has 9 rings (SSSR count). The maximum absolute atomic E-state index is 5.18. The van der Waals surface area contributed by atoms with Gasteiger partial charge in [-0.1, -0.05) is 146 Å². The Kier molecular flexibility index (Phi) is 5.23. The van der Waals surface area contributed by atoms with Gasteiger partial charge in [0.2, 0.25) is 0 Å². The lowest BCUT2D eigenvalue weighted by Crippen LogP contribution is -2.41. The van der Waals surface area contributed by atoms with Gasteiger partial charge in [0.15, 0.2) is 34.6 Å². The van der Waals surface area contributed by atoms with Crippen LogP contribution >= 0.6 is 0 Å². The Morgan fingerprint density at radius 2 is 0.682 bits per heavy atom. The molecule has 6 nitrogen and oxygen atoms in total. The fraction of sp³-hybridized carbons (Fsp3) is 0.0526. The van der Waals surface area contributed by atoms with Crippen molar-refractivity contribution < 1.29 is 0 Å². The summed E-state index contributed by atoms with van der Waals surface area (Å²) in [4.78, 5) is 10.4. The average molecular weight is 569 g/mol. The van der Waals surface area contributed by atoms with Crippen molar-refractivity contribution in [3.8, 4) is 0 Å². The van der Waals surface area contributed by atoms with E-state index in [-0.39, 0.29) is 0 Å². The predicted octanol–water partition coefficient (Wildman–Crippen LogP) is 8.26. The average Bonchev–Trinajstić information content (AvgIpc) is 3.66. The molecule has 0 bridgehead atoms. The van der Waals surface area contributed by atoms with Crippen LogP contribution in [0.4, 0.5) is 23.3 Å². The summed E-state index contributed by atoms with van der Waals surface area (Å²) in [6, 6.07) is 50.7. The Morgan fingerprint density at radius 1 is 0.341 bits per heavy atom. The molecule has 3 heterocycles. The number of hydrogen-bond donors (Lipinski definition) is 4. The van der Waals surface area contributed by atoms with Crippen LogP contribution in [0.5, 0.6) is 0 Å². The minimum Gasteiger partial charge on any atom is -0.337 e. The molecule has 6 heteroatoms. The molecule has 0 radical (unpaired) electrons. The molecule has 0 saturated heterocycles. The minimum absolute atomic E-state index is 0.691. The number of fused-ring (bicyclic) bond motifs is 4. The summed E-state index contributed by atoms with van der Waals surface area (Å²) >= 11 is 0. The summed E-state index contributed by atoms with van der Waals surface area (Å²) < 4.78 is 0. The van der Waals surface area contributed by atoms with Crippen LogP contribution in [-0.4, -0.2) is 9.97 Å². The van der Waals surface area contributed by atoms with E-state index in [1.54, 1.807) is 0 Å². The fourth-order valence-corrected chi connectivity index (χ4v) is 6.91. The normalized spacial score (nSPS) is 15.5. The van der Waals surface area contributed by atoms with Crippen molar-refractivity contribution in [2.24, 2.45) is 0 Å². The number of hydrogen-bond acceptors (Lipinski definition) is 6. The van der Waals surface area contributed by atoms with Crippen molar-refractivity contribution in [1.82, 2.24) is 9.97 Å². The van der Waals surface area contributed by atoms with E-state index < -0.39 is 11.3 Å². The zero-order valence-corrected chi connectivity index (χ0v) is 23.8. The lowest BCUT2D eigenvalue weighted by Gasteiger charge is -2.33. The van der Waals surface area contributed by atoms with Crippen LogP contribution in [0.3, 0.4) is 0 Å². The molecule has 0 saturated carbocycles. The van der Waals surface area contributed by atoms with E-state index >= 15 is 0 Å². The second-order valence-corrected chi connectivity index (χ2v) is 11.4. The molecule has 1 aromatic heterocycles. The molecule has 0 fully saturated rings. The van der Waals surface area contributed by atoms with Crippen LogP contribution < -0.4 is 21.3 Å². The molecule has 0 aliphatic carbocycles. The Balaban J connectivity index is 1.19. The molecule has 0 unspecified atom stereocenters. The quantitative estimate of drug-likeness (QED) is 0.171. The number of nitrogens with one attached hydrogen (secondary N) is 4. The fourth-order valence-electron chi connectivity index (χ4n) is 6.91. The summed E-state index contributed by atoms with van der Waals surface area (Å²) in [6.07, 6.45) is 0. The lowest BCUT2D eigenvalue weighted by molar-refractivity contribution is 0.699. The maximum atomic E-state index is 5.18. The molecule has 0 spiro atoms. The topological polar surface area (TPSA) is 73.9 Å². The molecule has 7 aromatic rings. The van der Waals surface area contributed by atoms with E-state index in [9.17, 15) is 0 Å². The number of anilines is 4. The monoisotopic (exact) mass is 568 g/mol. The predicted molar refractivity (Wildman–Crippen MR) is 179 cm³/mol. The van der Waals surface area contributed by atoms with E-state index in [2.05, 4.69) is 155 Å². The van der Waals surface area contributed by atoms with E-state index in [0.29, 0.717) is 23.3 Å². The number of benzene rings is 6. The highest BCUT2D eigenvalue weighted by Gasteiger charge is 2.47. The maximum Gasteiger partial charge on any atom is 0.173 e. The summed E-state index contributed by atoms with van der Waals surface area (Å²) in [5, 5.41) is 19.8. The van der Waals surface area contributed by atoms with Crippen molar-refractivity contribution in [3.05, 3.63) is 168 Å². The Labute approximate surface area is 254 Å². The second kappa shape index (κ2) is 9.31. The summed E-state index contributed by atoms with van der Waals surface area (Å²) in [5.41, 5.74) is 2.85. The molecule has 4 N–H and O–H groups in total. The third-order valence-corrected chi connectivity index (χ3v) is 8.92. The first kappa shape index (κ1) is 24.7. The van der Waals surface area contributed by atoms with Gasteiger partial charge in [-0.2, -0.15) is 0 Å². The van der Waals surface area contributed by atoms with Gasteiger partial charge in [-0.25, -0.2) is 9.97 Å². The molecule has 0 amide bonds. The van der Waals surface area contributed by atoms with E-state index in [4.69, 9.17) is 9.97 Å². The highest BCUT2D eigenvalue weighted by molar-refractivity contribution is 5.92. The Morgan fingerprint density at radius 3 is 1.09 bits per heavy atom. The van der Waals surface area contributed by atoms with E-state index in [1.165, 1.54) is 10.8 Å². The SMILES string of the molecule is c1ccc(C2(c3cccc4ccccc34)Nc3nc4c(nc3N2)NC(c2ccccc2)(c2cccc3ccccc23)N4)cc1. The van der Waals surface area contributed by atoms with Gasteiger partial charge in [0.1, 0.15) is 0 Å². The van der Waals surface area contributed by atoms with Gasteiger partial charge in [0.25, 0.3) is 0 Å². The minimum atomic E-state index is -0.758. The first-order valence-electron chi connectivity index (χ1n) is 14.9. The van der Waals surface area contributed by atoms with Crippen molar-refractivity contribution in [2.45, 2.75) is 11.3 Å². The molecule has 210 valence electrons. The Hall–Kier alpha value is -5.88. The molecule has 2 aliphatic rings. The van der Waals surface area contributed by atoms with Crippen LogP contribution in [0.1, 0.15) is 22.3 Å². The van der Waals surface area contributed by atoms with E-state index in [1.807, 2.05) is 12.1 Å². The lowest BCUT2D eigenvalue weighted by atomic mass is 9.88. The van der Waals surface area contributed by atoms with Crippen LogP contribution in [-0.2, 0) is 11.3 Å². The van der Waals surface area contributed by atoms with Gasteiger partial charge >= 0.3 is 0 Å². The van der Waals surface area contributed by atoms with Gasteiger partial charge in [-0.3, -0.25) is 0 Å². The molecule has 2 aliphatic heterocycles. The molecular formula is C38H28N6. The molecular weight excluding hydrogens is 540 g/mol.